The largest absolute Gasteiger partial charge is 0.417 e. The number of alkyl halides is 3. The van der Waals surface area contributed by atoms with Crippen molar-refractivity contribution in [3.8, 4) is 0 Å². The number of carbonyl (C=O) groups is 1. The van der Waals surface area contributed by atoms with E-state index in [1.807, 2.05) is 0 Å². The molecule has 0 aliphatic carbocycles. The number of rotatable bonds is 3. The molecule has 0 aliphatic rings. The van der Waals surface area contributed by atoms with Gasteiger partial charge in [0.05, 0.1) is 10.6 Å². The van der Waals surface area contributed by atoms with Crippen molar-refractivity contribution in [1.29, 1.82) is 0 Å². The molecule has 1 heterocycles. The molecular formula is C16H14ClF3N2O2. The van der Waals surface area contributed by atoms with Crippen LogP contribution in [0.15, 0.2) is 35.1 Å². The number of halogens is 4. The molecule has 4 nitrogen and oxygen atoms in total. The molecule has 1 aromatic heterocycles. The van der Waals surface area contributed by atoms with Crippen LogP contribution in [0, 0.1) is 13.8 Å². The summed E-state index contributed by atoms with van der Waals surface area (Å²) in [7, 11) is 0. The number of pyridine rings is 1. The number of carbonyl (C=O) groups excluding carboxylic acids is 1. The maximum absolute atomic E-state index is 12.8. The molecule has 0 unspecified atom stereocenters. The van der Waals surface area contributed by atoms with Crippen molar-refractivity contribution >= 4 is 23.2 Å². The SMILES string of the molecule is Cc1cc(=O)cc(C)n1CC(=O)Nc1ccc(Cl)c(C(F)(F)F)c1. The minimum Gasteiger partial charge on any atom is -0.340 e. The average molecular weight is 359 g/mol. The number of hydrogen-bond acceptors (Lipinski definition) is 2. The second kappa shape index (κ2) is 6.68. The summed E-state index contributed by atoms with van der Waals surface area (Å²) in [5.74, 6) is -0.514. The van der Waals surface area contributed by atoms with Gasteiger partial charge in [-0.15, -0.1) is 0 Å². The summed E-state index contributed by atoms with van der Waals surface area (Å²) >= 11 is 5.54. The summed E-state index contributed by atoms with van der Waals surface area (Å²) < 4.78 is 40.1. The Morgan fingerprint density at radius 1 is 1.17 bits per heavy atom. The van der Waals surface area contributed by atoms with Gasteiger partial charge in [0.2, 0.25) is 5.91 Å². The van der Waals surface area contributed by atoms with E-state index in [1.165, 1.54) is 18.2 Å². The molecule has 1 amide bonds. The summed E-state index contributed by atoms with van der Waals surface area (Å²) in [6.07, 6.45) is -4.61. The zero-order valence-electron chi connectivity index (χ0n) is 12.9. The van der Waals surface area contributed by atoms with E-state index in [-0.39, 0.29) is 17.7 Å². The Balaban J connectivity index is 2.21. The number of aromatic nitrogens is 1. The normalized spacial score (nSPS) is 11.4. The van der Waals surface area contributed by atoms with Crippen molar-refractivity contribution in [2.75, 3.05) is 5.32 Å². The molecule has 2 aromatic rings. The lowest BCUT2D eigenvalue weighted by molar-refractivity contribution is -0.137. The highest BCUT2D eigenvalue weighted by Gasteiger charge is 2.33. The first kappa shape index (κ1) is 18.1. The van der Waals surface area contributed by atoms with E-state index in [0.29, 0.717) is 11.4 Å². The summed E-state index contributed by atoms with van der Waals surface area (Å²) in [6.45, 7) is 3.22. The van der Waals surface area contributed by atoms with E-state index in [0.717, 1.165) is 12.1 Å². The number of aryl methyl sites for hydroxylation is 2. The molecule has 1 aromatic carbocycles. The molecule has 0 fully saturated rings. The number of nitrogens with zero attached hydrogens (tertiary/aromatic N) is 1. The Morgan fingerprint density at radius 2 is 1.75 bits per heavy atom. The van der Waals surface area contributed by atoms with Crippen LogP contribution in [0.1, 0.15) is 17.0 Å². The third kappa shape index (κ3) is 4.17. The Kier molecular flexibility index (Phi) is 5.03. The van der Waals surface area contributed by atoms with Gasteiger partial charge in [-0.1, -0.05) is 11.6 Å². The van der Waals surface area contributed by atoms with Crippen LogP contribution < -0.4 is 10.7 Å². The first-order chi connectivity index (χ1) is 11.1. The maximum Gasteiger partial charge on any atom is 0.417 e. The zero-order valence-corrected chi connectivity index (χ0v) is 13.6. The molecule has 0 saturated heterocycles. The second-order valence-corrected chi connectivity index (χ2v) is 5.71. The van der Waals surface area contributed by atoms with Gasteiger partial charge in [-0.25, -0.2) is 0 Å². The molecular weight excluding hydrogens is 345 g/mol. The van der Waals surface area contributed by atoms with E-state index in [4.69, 9.17) is 11.6 Å². The number of benzene rings is 1. The monoisotopic (exact) mass is 358 g/mol. The van der Waals surface area contributed by atoms with Gasteiger partial charge < -0.3 is 9.88 Å². The van der Waals surface area contributed by atoms with Crippen LogP contribution in [0.5, 0.6) is 0 Å². The van der Waals surface area contributed by atoms with Crippen molar-refractivity contribution in [2.45, 2.75) is 26.6 Å². The number of hydrogen-bond donors (Lipinski definition) is 1. The lowest BCUT2D eigenvalue weighted by Crippen LogP contribution is -2.23. The first-order valence-corrected chi connectivity index (χ1v) is 7.30. The average Bonchev–Trinajstić information content (AvgIpc) is 2.43. The highest BCUT2D eigenvalue weighted by atomic mass is 35.5. The summed E-state index contributed by atoms with van der Waals surface area (Å²) in [5, 5.41) is 1.97. The lowest BCUT2D eigenvalue weighted by atomic mass is 10.2. The standard InChI is InChI=1S/C16H14ClF3N2O2/c1-9-5-12(23)6-10(2)22(9)8-15(24)21-11-3-4-14(17)13(7-11)16(18,19)20/h3-7H,8H2,1-2H3,(H,21,24). The third-order valence-corrected chi connectivity index (χ3v) is 3.74. The van der Waals surface area contributed by atoms with E-state index in [1.54, 1.807) is 18.4 Å². The number of anilines is 1. The Labute approximate surface area is 140 Å². The fourth-order valence-corrected chi connectivity index (χ4v) is 2.53. The Morgan fingerprint density at radius 3 is 2.29 bits per heavy atom. The number of amides is 1. The smallest absolute Gasteiger partial charge is 0.340 e. The van der Waals surface area contributed by atoms with Gasteiger partial charge in [-0.2, -0.15) is 13.2 Å². The predicted molar refractivity (Wildman–Crippen MR) is 85.3 cm³/mol. The number of nitrogens with one attached hydrogen (secondary N) is 1. The quantitative estimate of drug-likeness (QED) is 0.908. The van der Waals surface area contributed by atoms with Crippen LogP contribution in [0.2, 0.25) is 5.02 Å². The minimum atomic E-state index is -4.61. The van der Waals surface area contributed by atoms with E-state index < -0.39 is 22.7 Å². The minimum absolute atomic E-state index is 0.00641. The van der Waals surface area contributed by atoms with Crippen LogP contribution in [-0.2, 0) is 17.5 Å². The van der Waals surface area contributed by atoms with Gasteiger partial charge >= 0.3 is 6.18 Å². The van der Waals surface area contributed by atoms with Crippen molar-refractivity contribution in [1.82, 2.24) is 4.57 Å². The molecule has 2 rings (SSSR count). The summed E-state index contributed by atoms with van der Waals surface area (Å²) in [4.78, 5) is 23.5. The highest BCUT2D eigenvalue weighted by Crippen LogP contribution is 2.36. The molecule has 128 valence electrons. The van der Waals surface area contributed by atoms with Crippen LogP contribution in [0.4, 0.5) is 18.9 Å². The van der Waals surface area contributed by atoms with Crippen LogP contribution in [-0.4, -0.2) is 10.5 Å². The molecule has 1 N–H and O–H groups in total. The van der Waals surface area contributed by atoms with E-state index in [9.17, 15) is 22.8 Å². The third-order valence-electron chi connectivity index (χ3n) is 3.41. The van der Waals surface area contributed by atoms with Crippen molar-refractivity contribution in [3.63, 3.8) is 0 Å². The zero-order chi connectivity index (χ0) is 18.1. The first-order valence-electron chi connectivity index (χ1n) is 6.92. The summed E-state index contributed by atoms with van der Waals surface area (Å²) in [5.41, 5.74) is -0.0237. The summed E-state index contributed by atoms with van der Waals surface area (Å²) in [6, 6.07) is 5.91. The second-order valence-electron chi connectivity index (χ2n) is 5.30. The topological polar surface area (TPSA) is 51.1 Å². The van der Waals surface area contributed by atoms with E-state index >= 15 is 0 Å². The maximum atomic E-state index is 12.8. The van der Waals surface area contributed by atoms with Crippen molar-refractivity contribution < 1.29 is 18.0 Å². The Bertz CT molecular complexity index is 818. The van der Waals surface area contributed by atoms with E-state index in [2.05, 4.69) is 5.32 Å². The molecule has 0 radical (unpaired) electrons. The van der Waals surface area contributed by atoms with Crippen LogP contribution in [0.25, 0.3) is 0 Å². The van der Waals surface area contributed by atoms with Gasteiger partial charge in [-0.05, 0) is 32.0 Å². The van der Waals surface area contributed by atoms with Crippen molar-refractivity contribution in [2.24, 2.45) is 0 Å². The molecule has 0 spiro atoms. The Hall–Kier alpha value is -2.28. The molecule has 0 bridgehead atoms. The fourth-order valence-electron chi connectivity index (χ4n) is 2.30. The van der Waals surface area contributed by atoms with Gasteiger partial charge in [0, 0.05) is 29.2 Å². The van der Waals surface area contributed by atoms with Gasteiger partial charge in [-0.3, -0.25) is 9.59 Å². The highest BCUT2D eigenvalue weighted by molar-refractivity contribution is 6.31. The lowest BCUT2D eigenvalue weighted by Gasteiger charge is -2.15. The van der Waals surface area contributed by atoms with Crippen LogP contribution in [0.3, 0.4) is 0 Å². The molecule has 0 saturated carbocycles. The van der Waals surface area contributed by atoms with Gasteiger partial charge in [0.1, 0.15) is 6.54 Å². The molecule has 0 atom stereocenters. The molecule has 24 heavy (non-hydrogen) atoms. The van der Waals surface area contributed by atoms with Crippen LogP contribution >= 0.6 is 11.6 Å². The fraction of sp³-hybridized carbons (Fsp3) is 0.250. The van der Waals surface area contributed by atoms with Gasteiger partial charge in [0.25, 0.3) is 0 Å². The predicted octanol–water partition coefficient (Wildman–Crippen LogP) is 3.78. The van der Waals surface area contributed by atoms with Crippen molar-refractivity contribution in [3.05, 3.63) is 62.5 Å². The molecule has 8 heteroatoms. The van der Waals surface area contributed by atoms with Gasteiger partial charge in [0.15, 0.2) is 5.43 Å². The molecule has 0 aliphatic heterocycles.